The third-order valence-corrected chi connectivity index (χ3v) is 15.0. The van der Waals surface area contributed by atoms with Gasteiger partial charge in [-0.05, 0) is 72.2 Å². The first-order valence-electron chi connectivity index (χ1n) is 24.2. The first kappa shape index (κ1) is 50.7. The third kappa shape index (κ3) is 11.5. The molecule has 0 bridgehead atoms. The predicted molar refractivity (Wildman–Crippen MR) is 272 cm³/mol. The highest BCUT2D eigenvalue weighted by Crippen LogP contribution is 2.45. The molecule has 0 spiro atoms. The van der Waals surface area contributed by atoms with Crippen LogP contribution in [0.5, 0.6) is 5.88 Å². The first-order valence-corrected chi connectivity index (χ1v) is 27.1. The summed E-state index contributed by atoms with van der Waals surface area (Å²) in [5, 5.41) is 10.5. The van der Waals surface area contributed by atoms with Crippen molar-refractivity contribution in [3.63, 3.8) is 0 Å². The van der Waals surface area contributed by atoms with Crippen molar-refractivity contribution in [3.05, 3.63) is 128 Å². The van der Waals surface area contributed by atoms with E-state index in [9.17, 15) is 32.0 Å². The molecule has 7 aromatic rings. The second-order valence-corrected chi connectivity index (χ2v) is 21.6. The van der Waals surface area contributed by atoms with Crippen LogP contribution in [0.3, 0.4) is 0 Å². The maximum absolute atomic E-state index is 15.5. The van der Waals surface area contributed by atoms with Crippen molar-refractivity contribution in [1.29, 1.82) is 0 Å². The van der Waals surface area contributed by atoms with Crippen LogP contribution in [-0.4, -0.2) is 87.7 Å². The molecule has 1 saturated heterocycles. The molecular formula is C52H55F2N9O8S2. The van der Waals surface area contributed by atoms with Crippen LogP contribution in [0.15, 0.2) is 81.9 Å². The van der Waals surface area contributed by atoms with Crippen molar-refractivity contribution < 1.29 is 40.8 Å². The van der Waals surface area contributed by atoms with Crippen molar-refractivity contribution in [2.45, 2.75) is 89.6 Å². The molecule has 1 fully saturated rings. The maximum Gasteiger partial charge on any atom is 0.274 e. The van der Waals surface area contributed by atoms with Crippen molar-refractivity contribution in [2.75, 3.05) is 30.9 Å². The zero-order chi connectivity index (χ0) is 51.4. The fourth-order valence-electron chi connectivity index (χ4n) is 9.60. The van der Waals surface area contributed by atoms with E-state index in [1.54, 1.807) is 47.8 Å². The largest absolute Gasteiger partial charge is 0.476 e. The Morgan fingerprint density at radius 1 is 0.986 bits per heavy atom. The van der Waals surface area contributed by atoms with Crippen LogP contribution < -0.4 is 25.8 Å². The number of ether oxygens (including phenoxy) is 1. The number of hydrogen-bond donors (Lipinski definition) is 3. The normalized spacial score (nSPS) is 14.3. The molecule has 2 aromatic carbocycles. The lowest BCUT2D eigenvalue weighted by molar-refractivity contribution is -0.138. The van der Waals surface area contributed by atoms with E-state index in [0.29, 0.717) is 84.2 Å². The molecule has 2 aliphatic heterocycles. The molecule has 0 aliphatic carbocycles. The zero-order valence-electron chi connectivity index (χ0n) is 40.6. The second kappa shape index (κ2) is 21.8. The minimum Gasteiger partial charge on any atom is -0.476 e. The van der Waals surface area contributed by atoms with E-state index in [0.717, 1.165) is 72.7 Å². The van der Waals surface area contributed by atoms with Gasteiger partial charge in [-0.15, -0.1) is 11.3 Å². The van der Waals surface area contributed by atoms with Crippen LogP contribution in [0.4, 0.5) is 20.3 Å². The number of hydrogen-bond acceptors (Lipinski definition) is 13. The van der Waals surface area contributed by atoms with Gasteiger partial charge in [0.1, 0.15) is 23.1 Å². The number of halogens is 2. The molecule has 1 unspecified atom stereocenters. The van der Waals surface area contributed by atoms with E-state index in [1.165, 1.54) is 15.5 Å². The SMILES string of the molecule is Cc1ncsc1-c1ccc(CNC(=O)C2CCCN2C(=O)Cc2cc(OCCCCCCCCNC(=O)c3cc4c(cc3CS(C)(=O)=O)-c3cn(C)c(=O)c5[nH]cc(c35)CN4c3ncc(F)cc3F)no2)cc1. The summed E-state index contributed by atoms with van der Waals surface area (Å²) in [7, 11) is -2.07. The number of carbonyl (C=O) groups is 3. The Morgan fingerprint density at radius 3 is 2.52 bits per heavy atom. The highest BCUT2D eigenvalue weighted by molar-refractivity contribution is 7.89. The van der Waals surface area contributed by atoms with Gasteiger partial charge in [-0.25, -0.2) is 27.2 Å². The van der Waals surface area contributed by atoms with Crippen LogP contribution in [0.1, 0.15) is 89.9 Å². The van der Waals surface area contributed by atoms with Gasteiger partial charge in [0.2, 0.25) is 11.8 Å². The number of rotatable bonds is 20. The van der Waals surface area contributed by atoms with Gasteiger partial charge >= 0.3 is 0 Å². The highest BCUT2D eigenvalue weighted by Gasteiger charge is 2.35. The number of carbonyl (C=O) groups excluding carboxylic acids is 3. The number of unbranched alkanes of at least 4 members (excludes halogenated alkanes) is 5. The number of sulfone groups is 1. The number of nitrogens with one attached hydrogen (secondary N) is 3. The molecule has 0 radical (unpaired) electrons. The van der Waals surface area contributed by atoms with Gasteiger partial charge in [0, 0.05) is 79.5 Å². The van der Waals surface area contributed by atoms with Gasteiger partial charge < -0.3 is 39.2 Å². The number of nitrogens with zero attached hydrogens (tertiary/aromatic N) is 6. The summed E-state index contributed by atoms with van der Waals surface area (Å²) in [6.45, 7) is 3.53. The molecule has 3 amide bonds. The van der Waals surface area contributed by atoms with Crippen LogP contribution in [0, 0.1) is 18.6 Å². The Balaban J connectivity index is 0.729. The second-order valence-electron chi connectivity index (χ2n) is 18.6. The highest BCUT2D eigenvalue weighted by atomic mass is 32.2. The number of aryl methyl sites for hydroxylation is 2. The van der Waals surface area contributed by atoms with E-state index < -0.39 is 39.2 Å². The van der Waals surface area contributed by atoms with Crippen LogP contribution >= 0.6 is 11.3 Å². The Morgan fingerprint density at radius 2 is 1.77 bits per heavy atom. The molecule has 9 rings (SSSR count). The molecule has 5 aromatic heterocycles. The van der Waals surface area contributed by atoms with Crippen LogP contribution in [0.2, 0.25) is 0 Å². The molecule has 1 atom stereocenters. The van der Waals surface area contributed by atoms with Crippen molar-refractivity contribution in [3.8, 4) is 27.4 Å². The Labute approximate surface area is 423 Å². The predicted octanol–water partition coefficient (Wildman–Crippen LogP) is 7.82. The quantitative estimate of drug-likeness (QED) is 0.0624. The van der Waals surface area contributed by atoms with Gasteiger partial charge in [0.15, 0.2) is 21.5 Å². The number of aromatic amines is 1. The molecule has 17 nitrogen and oxygen atoms in total. The molecule has 7 heterocycles. The van der Waals surface area contributed by atoms with E-state index in [-0.39, 0.29) is 53.2 Å². The number of likely N-dealkylation sites (tertiary alicyclic amines) is 1. The summed E-state index contributed by atoms with van der Waals surface area (Å²) in [6.07, 6.45) is 11.4. The number of thiazole rings is 1. The summed E-state index contributed by atoms with van der Waals surface area (Å²) < 4.78 is 67.7. The lowest BCUT2D eigenvalue weighted by Gasteiger charge is -2.26. The Kier molecular flexibility index (Phi) is 15.2. The van der Waals surface area contributed by atoms with Crippen LogP contribution in [0.25, 0.3) is 32.5 Å². The topological polar surface area (TPSA) is 215 Å². The minimum absolute atomic E-state index is 0.00125. The maximum atomic E-state index is 15.5. The van der Waals surface area contributed by atoms with Gasteiger partial charge in [0.25, 0.3) is 17.3 Å². The molecule has 382 valence electrons. The molecule has 2 aliphatic rings. The fraction of sp³-hybridized carbons (Fsp3) is 0.365. The van der Waals surface area contributed by atoms with E-state index in [1.807, 2.05) is 36.7 Å². The summed E-state index contributed by atoms with van der Waals surface area (Å²) >= 11 is 1.59. The van der Waals surface area contributed by atoms with Crippen molar-refractivity contribution in [2.24, 2.45) is 7.05 Å². The van der Waals surface area contributed by atoms with Crippen molar-refractivity contribution >= 4 is 61.3 Å². The van der Waals surface area contributed by atoms with Gasteiger partial charge in [0.05, 0.1) is 53.3 Å². The van der Waals surface area contributed by atoms with E-state index in [4.69, 9.17) is 9.26 Å². The van der Waals surface area contributed by atoms with E-state index >= 15 is 4.39 Å². The smallest absolute Gasteiger partial charge is 0.274 e. The first-order chi connectivity index (χ1) is 35.1. The number of anilines is 2. The number of amides is 3. The molecule has 21 heteroatoms. The number of pyridine rings is 2. The molecule has 73 heavy (non-hydrogen) atoms. The Hall–Kier alpha value is -7.26. The zero-order valence-corrected chi connectivity index (χ0v) is 42.3. The summed E-state index contributed by atoms with van der Waals surface area (Å²) in [6, 6.07) is 12.9. The lowest BCUT2D eigenvalue weighted by atomic mass is 9.96. The number of fused-ring (bicyclic) bond motifs is 2. The van der Waals surface area contributed by atoms with Gasteiger partial charge in [-0.3, -0.25) is 19.2 Å². The third-order valence-electron chi connectivity index (χ3n) is 13.2. The number of H-pyrrole nitrogens is 1. The molecule has 0 saturated carbocycles. The standard InChI is InChI=1S/C52H55F2N9O8S2/c1-31-48(72-30-59-31)33-14-12-32(13-15-33)24-58-51(66)42-11-10-17-62(42)45(64)22-37-21-44(60-71-37)70-18-9-7-5-4-6-8-16-55-50(65)38-23-43-39(19-34(38)29-73(3,68)69)40-28-61(2)52(67)47-46(40)35(25-56-47)27-63(43)49-41(54)20-36(53)26-57-49/h12-15,19-21,23,25-26,28,30,42,56H,4-11,16-18,22,24,27,29H2,1-3H3,(H,55,65)(H,58,66). The number of aromatic nitrogens is 5. The van der Waals surface area contributed by atoms with Gasteiger partial charge in [-0.2, -0.15) is 0 Å². The summed E-state index contributed by atoms with van der Waals surface area (Å²) in [5.74, 6) is -2.78. The molecular weight excluding hydrogens is 981 g/mol. The lowest BCUT2D eigenvalue weighted by Crippen LogP contribution is -2.46. The monoisotopic (exact) mass is 1040 g/mol. The van der Waals surface area contributed by atoms with E-state index in [2.05, 4.69) is 30.7 Å². The minimum atomic E-state index is -3.66. The fourth-order valence-corrected chi connectivity index (χ4v) is 11.2. The summed E-state index contributed by atoms with van der Waals surface area (Å²) in [4.78, 5) is 69.2. The van der Waals surface area contributed by atoms with Gasteiger partial charge in [-0.1, -0.05) is 49.9 Å². The van der Waals surface area contributed by atoms with Crippen LogP contribution in [-0.2, 0) is 51.7 Å². The number of benzene rings is 2. The Bertz CT molecular complexity index is 3370. The molecule has 3 N–H and O–H groups in total. The van der Waals surface area contributed by atoms with Crippen molar-refractivity contribution in [1.82, 2.24) is 40.2 Å². The summed E-state index contributed by atoms with van der Waals surface area (Å²) in [5.41, 5.74) is 7.09. The average Bonchev–Trinajstić information content (AvgIpc) is 4.19. The average molecular weight is 1040 g/mol.